The summed E-state index contributed by atoms with van der Waals surface area (Å²) in [5.74, 6) is -1.85. The first-order valence-corrected chi connectivity index (χ1v) is 11.4. The van der Waals surface area contributed by atoms with Crippen LogP contribution in [0.4, 0.5) is 4.39 Å². The van der Waals surface area contributed by atoms with Gasteiger partial charge in [-0.05, 0) is 62.1 Å². The number of halogens is 1. The summed E-state index contributed by atoms with van der Waals surface area (Å²) in [6.45, 7) is 5.18. The maximum Gasteiger partial charge on any atom is 0.307 e. The molecule has 6 nitrogen and oxygen atoms in total. The molecule has 31 heavy (non-hydrogen) atoms. The second kappa shape index (κ2) is 9.28. The molecule has 2 aromatic rings. The second-order valence-corrected chi connectivity index (χ2v) is 10.2. The van der Waals surface area contributed by atoms with Crippen LogP contribution in [0, 0.1) is 34.4 Å². The summed E-state index contributed by atoms with van der Waals surface area (Å²) in [5.41, 5.74) is 0.473. The van der Waals surface area contributed by atoms with Crippen LogP contribution < -0.4 is 0 Å². The minimum absolute atomic E-state index is 0.0161. The Kier molecular flexibility index (Phi) is 7.20. The molecule has 0 aromatic heterocycles. The van der Waals surface area contributed by atoms with Crippen LogP contribution in [0.2, 0.25) is 0 Å². The molecule has 0 unspecified atom stereocenters. The lowest BCUT2D eigenvalue weighted by Crippen LogP contribution is -2.25. The Bertz CT molecular complexity index is 1190. The van der Waals surface area contributed by atoms with Crippen molar-refractivity contribution < 1.29 is 22.3 Å². The highest BCUT2D eigenvalue weighted by molar-refractivity contribution is 7.90. The van der Waals surface area contributed by atoms with Gasteiger partial charge in [0, 0.05) is 6.26 Å². The maximum atomic E-state index is 14.7. The highest BCUT2D eigenvalue weighted by atomic mass is 32.2. The number of hydrogen-bond acceptors (Lipinski definition) is 6. The van der Waals surface area contributed by atoms with E-state index in [4.69, 9.17) is 10.00 Å². The van der Waals surface area contributed by atoms with E-state index >= 15 is 0 Å². The van der Waals surface area contributed by atoms with Gasteiger partial charge in [0.05, 0.1) is 28.9 Å². The van der Waals surface area contributed by atoms with Gasteiger partial charge in [-0.2, -0.15) is 10.5 Å². The Labute approximate surface area is 181 Å². The third-order valence-corrected chi connectivity index (χ3v) is 5.51. The first-order chi connectivity index (χ1) is 14.3. The molecule has 0 heterocycles. The number of hydrogen-bond donors (Lipinski definition) is 0. The fourth-order valence-corrected chi connectivity index (χ4v) is 3.86. The summed E-state index contributed by atoms with van der Waals surface area (Å²) in [6, 6.07) is 12.5. The molecule has 1 atom stereocenters. The lowest BCUT2D eigenvalue weighted by atomic mass is 9.95. The van der Waals surface area contributed by atoms with E-state index < -0.39 is 33.1 Å². The predicted octanol–water partition coefficient (Wildman–Crippen LogP) is 4.18. The van der Waals surface area contributed by atoms with Crippen molar-refractivity contribution in [2.45, 2.75) is 44.1 Å². The van der Waals surface area contributed by atoms with Crippen LogP contribution in [0.15, 0.2) is 41.3 Å². The number of rotatable bonds is 6. The van der Waals surface area contributed by atoms with Crippen LogP contribution in [-0.4, -0.2) is 26.2 Å². The van der Waals surface area contributed by atoms with E-state index in [-0.39, 0.29) is 28.9 Å². The molecule has 0 aliphatic rings. The average Bonchev–Trinajstić information content (AvgIpc) is 2.66. The zero-order valence-electron chi connectivity index (χ0n) is 17.8. The van der Waals surface area contributed by atoms with Crippen LogP contribution in [0.1, 0.15) is 38.3 Å². The first kappa shape index (κ1) is 24.0. The summed E-state index contributed by atoms with van der Waals surface area (Å²) >= 11 is 0. The van der Waals surface area contributed by atoms with E-state index in [0.717, 1.165) is 6.26 Å². The van der Waals surface area contributed by atoms with Gasteiger partial charge in [-0.15, -0.1) is 0 Å². The molecule has 0 fully saturated rings. The Morgan fingerprint density at radius 1 is 1.13 bits per heavy atom. The summed E-state index contributed by atoms with van der Waals surface area (Å²) in [7, 11) is -3.63. The number of benzene rings is 2. The summed E-state index contributed by atoms with van der Waals surface area (Å²) in [4.78, 5) is 11.8. The number of nitriles is 2. The molecule has 162 valence electrons. The molecule has 0 amide bonds. The van der Waals surface area contributed by atoms with Gasteiger partial charge in [-0.25, -0.2) is 12.8 Å². The number of carbonyl (C=O) groups is 1. The van der Waals surface area contributed by atoms with Crippen molar-refractivity contribution in [2.24, 2.45) is 5.92 Å². The molecule has 2 aromatic carbocycles. The molecule has 2 rings (SSSR count). The zero-order chi connectivity index (χ0) is 23.4. The lowest BCUT2D eigenvalue weighted by Gasteiger charge is -2.20. The number of ether oxygens (including phenoxy) is 1. The SMILES string of the molecule is CC(C)(C)OC(=O)C[C@H](C#N)Cc1ccc(-c2ccc(C#N)c(S(C)(=O)=O)c2)cc1F. The van der Waals surface area contributed by atoms with Crippen molar-refractivity contribution >= 4 is 15.8 Å². The first-order valence-electron chi connectivity index (χ1n) is 9.48. The van der Waals surface area contributed by atoms with Crippen LogP contribution in [-0.2, 0) is 25.8 Å². The van der Waals surface area contributed by atoms with Gasteiger partial charge in [0.2, 0.25) is 0 Å². The molecule has 0 spiro atoms. The third-order valence-electron chi connectivity index (χ3n) is 4.37. The molecule has 0 bridgehead atoms. The summed E-state index contributed by atoms with van der Waals surface area (Å²) in [5, 5.41) is 18.5. The van der Waals surface area contributed by atoms with Crippen LogP contribution in [0.3, 0.4) is 0 Å². The van der Waals surface area contributed by atoms with E-state index in [1.54, 1.807) is 32.9 Å². The lowest BCUT2D eigenvalue weighted by molar-refractivity contribution is -0.155. The quantitative estimate of drug-likeness (QED) is 0.621. The van der Waals surface area contributed by atoms with E-state index in [0.29, 0.717) is 11.1 Å². The minimum Gasteiger partial charge on any atom is -0.460 e. The van der Waals surface area contributed by atoms with Crippen molar-refractivity contribution in [2.75, 3.05) is 6.26 Å². The highest BCUT2D eigenvalue weighted by Gasteiger charge is 2.22. The van der Waals surface area contributed by atoms with Crippen LogP contribution in [0.5, 0.6) is 0 Å². The second-order valence-electron chi connectivity index (χ2n) is 8.22. The van der Waals surface area contributed by atoms with Gasteiger partial charge < -0.3 is 4.74 Å². The Balaban J connectivity index is 2.27. The van der Waals surface area contributed by atoms with Gasteiger partial charge >= 0.3 is 5.97 Å². The predicted molar refractivity (Wildman–Crippen MR) is 113 cm³/mol. The fourth-order valence-electron chi connectivity index (χ4n) is 3.01. The Morgan fingerprint density at radius 2 is 1.74 bits per heavy atom. The minimum atomic E-state index is -3.63. The van der Waals surface area contributed by atoms with E-state index in [9.17, 15) is 22.9 Å². The summed E-state index contributed by atoms with van der Waals surface area (Å²) in [6.07, 6.45) is 0.884. The smallest absolute Gasteiger partial charge is 0.307 e. The number of sulfone groups is 1. The van der Waals surface area contributed by atoms with Crippen molar-refractivity contribution in [3.05, 3.63) is 53.3 Å². The standard InChI is InChI=1S/C23H23FN2O4S/c1-23(2,3)30-22(27)10-15(13-25)9-18-7-5-16(11-20(18)24)17-6-8-19(14-26)21(12-17)31(4,28)29/h5-8,11-12,15H,9-10H2,1-4H3/t15-/m1/s1. The fraction of sp³-hybridized carbons (Fsp3) is 0.348. The number of carbonyl (C=O) groups excluding carboxylic acids is 1. The normalized spacial score (nSPS) is 12.5. The monoisotopic (exact) mass is 442 g/mol. The van der Waals surface area contributed by atoms with E-state index in [1.165, 1.54) is 24.3 Å². The van der Waals surface area contributed by atoms with Gasteiger partial charge in [0.15, 0.2) is 9.84 Å². The van der Waals surface area contributed by atoms with Crippen molar-refractivity contribution in [3.63, 3.8) is 0 Å². The van der Waals surface area contributed by atoms with Crippen molar-refractivity contribution in [3.8, 4) is 23.3 Å². The van der Waals surface area contributed by atoms with Gasteiger partial charge in [0.25, 0.3) is 0 Å². The van der Waals surface area contributed by atoms with Crippen molar-refractivity contribution in [1.82, 2.24) is 0 Å². The largest absolute Gasteiger partial charge is 0.460 e. The van der Waals surface area contributed by atoms with Crippen LogP contribution >= 0.6 is 0 Å². The summed E-state index contributed by atoms with van der Waals surface area (Å²) < 4.78 is 43.8. The highest BCUT2D eigenvalue weighted by Crippen LogP contribution is 2.28. The molecule has 0 aliphatic heterocycles. The Hall–Kier alpha value is -3.23. The average molecular weight is 443 g/mol. The van der Waals surface area contributed by atoms with Gasteiger partial charge in [0.1, 0.15) is 17.5 Å². The molecule has 0 saturated heterocycles. The van der Waals surface area contributed by atoms with E-state index in [1.807, 2.05) is 12.1 Å². The number of esters is 1. The number of nitrogens with zero attached hydrogens (tertiary/aromatic N) is 2. The molecular formula is C23H23FN2O4S. The molecule has 0 N–H and O–H groups in total. The zero-order valence-corrected chi connectivity index (χ0v) is 18.6. The molecule has 0 radical (unpaired) electrons. The molecule has 8 heteroatoms. The maximum absolute atomic E-state index is 14.7. The van der Waals surface area contributed by atoms with Crippen molar-refractivity contribution in [1.29, 1.82) is 10.5 Å². The topological polar surface area (TPSA) is 108 Å². The third kappa shape index (κ3) is 6.63. The molecule has 0 aliphatic carbocycles. The van der Waals surface area contributed by atoms with Gasteiger partial charge in [-0.1, -0.05) is 18.2 Å². The van der Waals surface area contributed by atoms with Gasteiger partial charge in [-0.3, -0.25) is 4.79 Å². The van der Waals surface area contributed by atoms with Crippen LogP contribution in [0.25, 0.3) is 11.1 Å². The Morgan fingerprint density at radius 3 is 2.26 bits per heavy atom. The molecule has 0 saturated carbocycles. The van der Waals surface area contributed by atoms with E-state index in [2.05, 4.69) is 0 Å². The molecular weight excluding hydrogens is 419 g/mol.